The van der Waals surface area contributed by atoms with Crippen molar-refractivity contribution < 1.29 is 13.3 Å². The van der Waals surface area contributed by atoms with Crippen molar-refractivity contribution >= 4 is 21.4 Å². The van der Waals surface area contributed by atoms with E-state index in [0.717, 1.165) is 19.3 Å². The lowest BCUT2D eigenvalue weighted by molar-refractivity contribution is -0.387. The zero-order chi connectivity index (χ0) is 15.2. The van der Waals surface area contributed by atoms with Crippen LogP contribution in [0, 0.1) is 16.0 Å². The predicted molar refractivity (Wildman–Crippen MR) is 77.7 cm³/mol. The molecule has 2 unspecified atom stereocenters. The molecule has 1 N–H and O–H groups in total. The van der Waals surface area contributed by atoms with Crippen LogP contribution in [0.3, 0.4) is 0 Å². The van der Waals surface area contributed by atoms with Gasteiger partial charge in [-0.1, -0.05) is 0 Å². The highest BCUT2D eigenvalue weighted by atomic mass is 32.2. The molecule has 1 saturated heterocycles. The number of hydrogen-bond donors (Lipinski definition) is 1. The molecule has 1 aliphatic carbocycles. The van der Waals surface area contributed by atoms with Crippen molar-refractivity contribution in [3.05, 3.63) is 28.3 Å². The SMILES string of the molecule is CNc1ccc([N+](=O)[O-])c(S(=O)(=O)N2CC3CCC2C3)c1. The molecule has 2 atom stereocenters. The van der Waals surface area contributed by atoms with Gasteiger partial charge in [-0.2, -0.15) is 4.31 Å². The Hall–Kier alpha value is -1.67. The molecule has 1 aromatic rings. The Morgan fingerprint density at radius 1 is 1.38 bits per heavy atom. The topological polar surface area (TPSA) is 92.5 Å². The Kier molecular flexibility index (Phi) is 3.37. The highest BCUT2D eigenvalue weighted by molar-refractivity contribution is 7.89. The summed E-state index contributed by atoms with van der Waals surface area (Å²) >= 11 is 0. The number of hydrogen-bond acceptors (Lipinski definition) is 5. The van der Waals surface area contributed by atoms with Crippen LogP contribution in [0.15, 0.2) is 23.1 Å². The van der Waals surface area contributed by atoms with Gasteiger partial charge < -0.3 is 5.32 Å². The molecule has 1 heterocycles. The van der Waals surface area contributed by atoms with E-state index in [4.69, 9.17) is 0 Å². The summed E-state index contributed by atoms with van der Waals surface area (Å²) in [6.45, 7) is 0.480. The zero-order valence-electron chi connectivity index (χ0n) is 11.7. The number of nitrogens with one attached hydrogen (secondary N) is 1. The molecule has 0 radical (unpaired) electrons. The first kappa shape index (κ1) is 14.3. The second-order valence-electron chi connectivity index (χ2n) is 5.60. The molecule has 3 rings (SSSR count). The summed E-state index contributed by atoms with van der Waals surface area (Å²) < 4.78 is 27.1. The van der Waals surface area contributed by atoms with Gasteiger partial charge in [0.15, 0.2) is 4.90 Å². The molecule has 2 fully saturated rings. The van der Waals surface area contributed by atoms with Gasteiger partial charge >= 0.3 is 0 Å². The van der Waals surface area contributed by atoms with Crippen LogP contribution in [-0.2, 0) is 10.0 Å². The van der Waals surface area contributed by atoms with E-state index in [1.807, 2.05) is 0 Å². The third-order valence-electron chi connectivity index (χ3n) is 4.39. The maximum Gasteiger partial charge on any atom is 0.289 e. The number of nitrogens with zero attached hydrogens (tertiary/aromatic N) is 2. The lowest BCUT2D eigenvalue weighted by Crippen LogP contribution is -2.37. The zero-order valence-corrected chi connectivity index (χ0v) is 12.5. The Morgan fingerprint density at radius 3 is 2.67 bits per heavy atom. The van der Waals surface area contributed by atoms with Gasteiger partial charge in [-0.15, -0.1) is 0 Å². The molecule has 21 heavy (non-hydrogen) atoms. The number of piperidine rings is 1. The van der Waals surface area contributed by atoms with Crippen molar-refractivity contribution in [1.82, 2.24) is 4.31 Å². The molecule has 1 aromatic carbocycles. The second kappa shape index (κ2) is 4.96. The summed E-state index contributed by atoms with van der Waals surface area (Å²) in [6, 6.07) is 4.10. The minimum atomic E-state index is -3.83. The van der Waals surface area contributed by atoms with Gasteiger partial charge in [-0.3, -0.25) is 10.1 Å². The highest BCUT2D eigenvalue weighted by Crippen LogP contribution is 2.42. The van der Waals surface area contributed by atoms with Gasteiger partial charge in [0.25, 0.3) is 5.69 Å². The lowest BCUT2D eigenvalue weighted by atomic mass is 10.1. The van der Waals surface area contributed by atoms with Crippen molar-refractivity contribution in [2.45, 2.75) is 30.2 Å². The number of nitro groups is 1. The molecular weight excluding hydrogens is 294 g/mol. The Labute approximate surface area is 123 Å². The molecular formula is C13H17N3O4S. The van der Waals surface area contributed by atoms with Gasteiger partial charge in [0, 0.05) is 31.4 Å². The van der Waals surface area contributed by atoms with Gasteiger partial charge in [-0.25, -0.2) is 8.42 Å². The maximum atomic E-state index is 12.8. The fourth-order valence-electron chi connectivity index (χ4n) is 3.33. The smallest absolute Gasteiger partial charge is 0.289 e. The predicted octanol–water partition coefficient (Wildman–Crippen LogP) is 1.81. The van der Waals surface area contributed by atoms with Gasteiger partial charge in [-0.05, 0) is 37.3 Å². The third kappa shape index (κ3) is 2.28. The van der Waals surface area contributed by atoms with Crippen LogP contribution >= 0.6 is 0 Å². The molecule has 1 aliphatic heterocycles. The van der Waals surface area contributed by atoms with E-state index in [2.05, 4.69) is 5.32 Å². The van der Waals surface area contributed by atoms with E-state index in [-0.39, 0.29) is 16.6 Å². The van der Waals surface area contributed by atoms with E-state index in [9.17, 15) is 18.5 Å². The molecule has 7 nitrogen and oxygen atoms in total. The molecule has 1 saturated carbocycles. The summed E-state index contributed by atoms with van der Waals surface area (Å²) in [5.74, 6) is 0.399. The van der Waals surface area contributed by atoms with E-state index >= 15 is 0 Å². The van der Waals surface area contributed by atoms with Crippen LogP contribution in [0.1, 0.15) is 19.3 Å². The van der Waals surface area contributed by atoms with Crippen molar-refractivity contribution in [1.29, 1.82) is 0 Å². The van der Waals surface area contributed by atoms with Crippen LogP contribution in [0.2, 0.25) is 0 Å². The fraction of sp³-hybridized carbons (Fsp3) is 0.538. The Morgan fingerprint density at radius 2 is 2.14 bits per heavy atom. The number of nitro benzene ring substituents is 1. The van der Waals surface area contributed by atoms with Crippen LogP contribution in [0.4, 0.5) is 11.4 Å². The van der Waals surface area contributed by atoms with E-state index in [1.165, 1.54) is 22.5 Å². The standard InChI is InChI=1S/C13H17N3O4S/c1-14-10-3-5-12(16(17)18)13(7-10)21(19,20)15-8-9-2-4-11(15)6-9/h3,5,7,9,11,14H,2,4,6,8H2,1H3. The quantitative estimate of drug-likeness (QED) is 0.676. The van der Waals surface area contributed by atoms with Crippen molar-refractivity contribution in [2.75, 3.05) is 18.9 Å². The third-order valence-corrected chi connectivity index (χ3v) is 6.34. The van der Waals surface area contributed by atoms with Gasteiger partial charge in [0.05, 0.1) is 4.92 Å². The Bertz CT molecular complexity index is 689. The van der Waals surface area contributed by atoms with E-state index < -0.39 is 14.9 Å². The second-order valence-corrected chi connectivity index (χ2v) is 7.46. The highest BCUT2D eigenvalue weighted by Gasteiger charge is 2.45. The number of fused-ring (bicyclic) bond motifs is 2. The first-order chi connectivity index (χ1) is 9.93. The number of rotatable bonds is 4. The Balaban J connectivity index is 2.07. The van der Waals surface area contributed by atoms with Crippen LogP contribution in [0.5, 0.6) is 0 Å². The maximum absolute atomic E-state index is 12.8. The number of anilines is 1. The van der Waals surface area contributed by atoms with Crippen LogP contribution in [0.25, 0.3) is 0 Å². The van der Waals surface area contributed by atoms with Gasteiger partial charge in [0.1, 0.15) is 0 Å². The number of benzene rings is 1. The minimum Gasteiger partial charge on any atom is -0.388 e. The minimum absolute atomic E-state index is 0.00199. The molecule has 2 bridgehead atoms. The molecule has 0 spiro atoms. The fourth-order valence-corrected chi connectivity index (χ4v) is 5.25. The van der Waals surface area contributed by atoms with Crippen molar-refractivity contribution in [3.63, 3.8) is 0 Å². The summed E-state index contributed by atoms with van der Waals surface area (Å²) in [5, 5.41) is 14.0. The average Bonchev–Trinajstić information content (AvgIpc) is 3.09. The molecule has 0 aromatic heterocycles. The largest absolute Gasteiger partial charge is 0.388 e. The van der Waals surface area contributed by atoms with Crippen LogP contribution in [-0.4, -0.2) is 37.3 Å². The number of sulfonamides is 1. The first-order valence-corrected chi connectivity index (χ1v) is 8.35. The van der Waals surface area contributed by atoms with E-state index in [0.29, 0.717) is 18.2 Å². The summed E-state index contributed by atoms with van der Waals surface area (Å²) in [7, 11) is -2.18. The average molecular weight is 311 g/mol. The summed E-state index contributed by atoms with van der Waals surface area (Å²) in [4.78, 5) is 10.3. The summed E-state index contributed by atoms with van der Waals surface area (Å²) in [5.41, 5.74) is 0.181. The van der Waals surface area contributed by atoms with Crippen molar-refractivity contribution in [2.24, 2.45) is 5.92 Å². The molecule has 0 amide bonds. The van der Waals surface area contributed by atoms with Crippen LogP contribution < -0.4 is 5.32 Å². The molecule has 8 heteroatoms. The summed E-state index contributed by atoms with van der Waals surface area (Å²) in [6.07, 6.45) is 2.78. The van der Waals surface area contributed by atoms with Gasteiger partial charge in [0.2, 0.25) is 10.0 Å². The molecule has 114 valence electrons. The monoisotopic (exact) mass is 311 g/mol. The van der Waals surface area contributed by atoms with E-state index in [1.54, 1.807) is 7.05 Å². The normalized spacial score (nSPS) is 25.2. The van der Waals surface area contributed by atoms with Crippen molar-refractivity contribution in [3.8, 4) is 0 Å². The lowest BCUT2D eigenvalue weighted by Gasteiger charge is -2.26. The molecule has 2 aliphatic rings. The first-order valence-electron chi connectivity index (χ1n) is 6.91.